The first-order valence-corrected chi connectivity index (χ1v) is 8.64. The van der Waals surface area contributed by atoms with Crippen molar-refractivity contribution in [3.05, 3.63) is 59.7 Å². The quantitative estimate of drug-likeness (QED) is 0.624. The van der Waals surface area contributed by atoms with Crippen LogP contribution in [-0.2, 0) is 14.9 Å². The van der Waals surface area contributed by atoms with E-state index in [2.05, 4.69) is 4.74 Å². The smallest absolute Gasteiger partial charge is 0.349 e. The van der Waals surface area contributed by atoms with E-state index in [1.165, 1.54) is 24.3 Å². The molecular formula is C16H11F5O4S. The van der Waals surface area contributed by atoms with Gasteiger partial charge in [-0.05, 0) is 22.3 Å². The lowest BCUT2D eigenvalue weighted by Crippen LogP contribution is -2.51. The molecule has 1 N–H and O–H groups in total. The van der Waals surface area contributed by atoms with Crippen molar-refractivity contribution in [2.75, 3.05) is 0 Å². The van der Waals surface area contributed by atoms with E-state index in [1.807, 2.05) is 0 Å². The number of halogens is 5. The summed E-state index contributed by atoms with van der Waals surface area (Å²) in [6.07, 6.45) is -11.4. The monoisotopic (exact) mass is 394 g/mol. The van der Waals surface area contributed by atoms with Crippen molar-refractivity contribution in [2.24, 2.45) is 0 Å². The number of rotatable bonds is 4. The first-order valence-electron chi connectivity index (χ1n) is 7.20. The predicted octanol–water partition coefficient (Wildman–Crippen LogP) is 4.18. The summed E-state index contributed by atoms with van der Waals surface area (Å²) in [4.78, 5) is 0. The predicted molar refractivity (Wildman–Crippen MR) is 81.1 cm³/mol. The van der Waals surface area contributed by atoms with Crippen LogP contribution < -0.4 is 0 Å². The molecule has 10 heteroatoms. The summed E-state index contributed by atoms with van der Waals surface area (Å²) < 4.78 is 102. The fourth-order valence-electron chi connectivity index (χ4n) is 2.87. The maximum absolute atomic E-state index is 13.8. The minimum Gasteiger partial charge on any atom is -0.349 e. The summed E-state index contributed by atoms with van der Waals surface area (Å²) >= 11 is 0. The largest absolute Gasteiger partial charge is 0.421 e. The van der Waals surface area contributed by atoms with E-state index < -0.39 is 33.8 Å². The first kappa shape index (κ1) is 18.7. The van der Waals surface area contributed by atoms with E-state index in [1.54, 1.807) is 24.3 Å². The van der Waals surface area contributed by atoms with E-state index in [0.717, 1.165) is 0 Å². The van der Waals surface area contributed by atoms with E-state index in [-0.39, 0.29) is 11.1 Å². The first-order chi connectivity index (χ1) is 11.9. The molecule has 3 rings (SSSR count). The molecular weight excluding hydrogens is 383 g/mol. The fourth-order valence-corrected chi connectivity index (χ4v) is 3.33. The molecule has 0 heterocycles. The third kappa shape index (κ3) is 2.97. The molecule has 0 saturated carbocycles. The topological polar surface area (TPSA) is 63.6 Å². The molecule has 0 bridgehead atoms. The Bertz CT molecular complexity index is 894. The minimum atomic E-state index is -6.36. The van der Waals surface area contributed by atoms with Gasteiger partial charge in [0, 0.05) is 0 Å². The number of hydrogen-bond donors (Lipinski definition) is 1. The van der Waals surface area contributed by atoms with Crippen LogP contribution in [-0.4, -0.2) is 30.5 Å². The molecule has 1 unspecified atom stereocenters. The maximum Gasteiger partial charge on any atom is 0.421 e. The van der Waals surface area contributed by atoms with Gasteiger partial charge in [0.05, 0.1) is 0 Å². The lowest BCUT2D eigenvalue weighted by atomic mass is 10.1. The average Bonchev–Trinajstić information content (AvgIpc) is 2.84. The van der Waals surface area contributed by atoms with Crippen LogP contribution in [0.2, 0.25) is 0 Å². The zero-order valence-electron chi connectivity index (χ0n) is 12.7. The standard InChI is InChI=1S/C16H11F5O4S/c17-15(18,19)14(16(20,21)26(22,23)24)25-13-11-7-3-1-5-9(11)10-6-2-4-8-12(10)13/h1-8,13-14H,(H,22,23,24). The molecule has 26 heavy (non-hydrogen) atoms. The van der Waals surface area contributed by atoms with E-state index in [4.69, 9.17) is 4.55 Å². The van der Waals surface area contributed by atoms with Crippen molar-refractivity contribution in [3.8, 4) is 11.1 Å². The number of ether oxygens (including phenoxy) is 1. The fraction of sp³-hybridized carbons (Fsp3) is 0.250. The van der Waals surface area contributed by atoms with Crippen LogP contribution in [0.5, 0.6) is 0 Å². The number of fused-ring (bicyclic) bond motifs is 3. The van der Waals surface area contributed by atoms with Crippen molar-refractivity contribution < 1.29 is 39.7 Å². The molecule has 0 amide bonds. The molecule has 2 aromatic carbocycles. The molecule has 1 atom stereocenters. The molecule has 0 saturated heterocycles. The van der Waals surface area contributed by atoms with Gasteiger partial charge in [-0.25, -0.2) is 0 Å². The van der Waals surface area contributed by atoms with Gasteiger partial charge >= 0.3 is 21.5 Å². The van der Waals surface area contributed by atoms with Crippen molar-refractivity contribution in [2.45, 2.75) is 23.6 Å². The van der Waals surface area contributed by atoms with Crippen molar-refractivity contribution in [1.82, 2.24) is 0 Å². The molecule has 0 radical (unpaired) electrons. The van der Waals surface area contributed by atoms with Crippen molar-refractivity contribution >= 4 is 10.1 Å². The van der Waals surface area contributed by atoms with Gasteiger partial charge in [0.1, 0.15) is 6.10 Å². The Hall–Kier alpha value is -2.04. The summed E-state index contributed by atoms with van der Waals surface area (Å²) in [6.45, 7) is 0. The molecule has 1 aliphatic carbocycles. The van der Waals surface area contributed by atoms with Gasteiger partial charge in [-0.3, -0.25) is 4.55 Å². The molecule has 2 aromatic rings. The Kier molecular flexibility index (Phi) is 4.32. The van der Waals surface area contributed by atoms with E-state index >= 15 is 0 Å². The van der Waals surface area contributed by atoms with Crippen LogP contribution in [0, 0.1) is 0 Å². The van der Waals surface area contributed by atoms with Crippen LogP contribution in [0.1, 0.15) is 17.2 Å². The van der Waals surface area contributed by atoms with Gasteiger partial charge in [-0.1, -0.05) is 48.5 Å². The van der Waals surface area contributed by atoms with Gasteiger partial charge in [0.25, 0.3) is 0 Å². The lowest BCUT2D eigenvalue weighted by molar-refractivity contribution is -0.273. The summed E-state index contributed by atoms with van der Waals surface area (Å²) in [6, 6.07) is 12.2. The van der Waals surface area contributed by atoms with Crippen LogP contribution in [0.25, 0.3) is 11.1 Å². The highest BCUT2D eigenvalue weighted by Crippen LogP contribution is 2.49. The van der Waals surface area contributed by atoms with Crippen LogP contribution in [0.15, 0.2) is 48.5 Å². The van der Waals surface area contributed by atoms with Crippen LogP contribution in [0.3, 0.4) is 0 Å². The third-order valence-electron chi connectivity index (χ3n) is 4.00. The third-order valence-corrected chi connectivity index (χ3v) is 4.90. The van der Waals surface area contributed by atoms with Gasteiger partial charge in [0.2, 0.25) is 6.10 Å². The Balaban J connectivity index is 2.11. The minimum absolute atomic E-state index is 0.189. The molecule has 4 nitrogen and oxygen atoms in total. The van der Waals surface area contributed by atoms with Gasteiger partial charge < -0.3 is 4.74 Å². The van der Waals surface area contributed by atoms with Crippen molar-refractivity contribution in [1.29, 1.82) is 0 Å². The average molecular weight is 394 g/mol. The van der Waals surface area contributed by atoms with E-state index in [9.17, 15) is 30.4 Å². The number of hydrogen-bond acceptors (Lipinski definition) is 3. The zero-order valence-corrected chi connectivity index (χ0v) is 13.6. The highest BCUT2D eigenvalue weighted by atomic mass is 32.2. The summed E-state index contributed by atoms with van der Waals surface area (Å²) in [7, 11) is -6.36. The van der Waals surface area contributed by atoms with Gasteiger partial charge in [-0.2, -0.15) is 30.4 Å². The Morgan fingerprint density at radius 2 is 1.31 bits per heavy atom. The molecule has 0 spiro atoms. The second-order valence-electron chi connectivity index (χ2n) is 5.65. The number of alkyl halides is 5. The van der Waals surface area contributed by atoms with Crippen molar-refractivity contribution in [3.63, 3.8) is 0 Å². The maximum atomic E-state index is 13.8. The molecule has 0 fully saturated rings. The summed E-state index contributed by atoms with van der Waals surface area (Å²) in [5.41, 5.74) is 1.36. The summed E-state index contributed by atoms with van der Waals surface area (Å²) in [5.74, 6) is 0. The molecule has 0 aliphatic heterocycles. The van der Waals surface area contributed by atoms with E-state index in [0.29, 0.717) is 11.1 Å². The van der Waals surface area contributed by atoms with Crippen LogP contribution in [0.4, 0.5) is 22.0 Å². The zero-order chi connectivity index (χ0) is 19.3. The SMILES string of the molecule is O=S(=O)(O)C(F)(F)C(OC1c2ccccc2-c2ccccc21)C(F)(F)F. The molecule has 1 aliphatic rings. The highest BCUT2D eigenvalue weighted by molar-refractivity contribution is 7.86. The Morgan fingerprint density at radius 1 is 0.885 bits per heavy atom. The lowest BCUT2D eigenvalue weighted by Gasteiger charge is -2.29. The second kappa shape index (κ2) is 6.00. The van der Waals surface area contributed by atoms with Crippen LogP contribution >= 0.6 is 0 Å². The normalized spacial score (nSPS) is 16.2. The number of benzene rings is 2. The molecule has 0 aromatic heterocycles. The summed E-state index contributed by atoms with van der Waals surface area (Å²) in [5, 5.41) is -5.57. The molecule has 140 valence electrons. The highest BCUT2D eigenvalue weighted by Gasteiger charge is 2.65. The van der Waals surface area contributed by atoms with Gasteiger partial charge in [0.15, 0.2) is 0 Å². The Morgan fingerprint density at radius 3 is 1.69 bits per heavy atom. The Labute approximate surface area is 145 Å². The van der Waals surface area contributed by atoms with Gasteiger partial charge in [-0.15, -0.1) is 0 Å². The second-order valence-corrected chi connectivity index (χ2v) is 7.14.